The topological polar surface area (TPSA) is 84.0 Å². The van der Waals surface area contributed by atoms with E-state index in [1.807, 2.05) is 52.9 Å². The Kier molecular flexibility index (Phi) is 4.93. The first-order valence-electron chi connectivity index (χ1n) is 11.2. The van der Waals surface area contributed by atoms with Crippen LogP contribution in [0.4, 0.5) is 5.69 Å². The molecule has 4 heterocycles. The fraction of sp³-hybridized carbons (Fsp3) is 0.185. The standard InChI is InChI=1S/C27H20N2O5S/c1-15(30)34-18-10-8-17(9-11-18)29-26(32)21-22(27(29)33)24(25(31)20-7-4-14-35-20)28-13-12-16-5-2-3-6-19(16)23(21)28/h2-14,21-24H,1H3/t21-,22-,23-,24+/m1/s1. The van der Waals surface area contributed by atoms with E-state index in [9.17, 15) is 19.2 Å². The smallest absolute Gasteiger partial charge is 0.308 e. The molecular weight excluding hydrogens is 464 g/mol. The van der Waals surface area contributed by atoms with E-state index < -0.39 is 35.8 Å². The molecular formula is C27H20N2O5S. The number of nitrogens with zero attached hydrogens (tertiary/aromatic N) is 2. The van der Waals surface area contributed by atoms with Gasteiger partial charge in [-0.25, -0.2) is 4.90 Å². The number of ether oxygens (including phenoxy) is 1. The van der Waals surface area contributed by atoms with E-state index in [2.05, 4.69) is 0 Å². The third-order valence-corrected chi connectivity index (χ3v) is 7.74. The number of fused-ring (bicyclic) bond motifs is 5. The molecule has 0 radical (unpaired) electrons. The molecule has 0 aliphatic carbocycles. The Morgan fingerprint density at radius 2 is 1.66 bits per heavy atom. The Hall–Kier alpha value is -4.04. The number of ketones is 1. The summed E-state index contributed by atoms with van der Waals surface area (Å²) in [6.45, 7) is 1.30. The highest BCUT2D eigenvalue weighted by atomic mass is 32.1. The van der Waals surface area contributed by atoms with Crippen molar-refractivity contribution >= 4 is 46.7 Å². The minimum Gasteiger partial charge on any atom is -0.427 e. The number of anilines is 1. The molecule has 0 bridgehead atoms. The molecule has 2 saturated heterocycles. The third-order valence-electron chi connectivity index (χ3n) is 6.85. The normalized spacial score (nSPS) is 24.3. The number of hydrogen-bond donors (Lipinski definition) is 0. The second kappa shape index (κ2) is 8.02. The lowest BCUT2D eigenvalue weighted by molar-refractivity contribution is -0.132. The fourth-order valence-electron chi connectivity index (χ4n) is 5.51. The summed E-state index contributed by atoms with van der Waals surface area (Å²) in [7, 11) is 0. The number of amides is 2. The molecule has 0 unspecified atom stereocenters. The number of benzene rings is 2. The lowest BCUT2D eigenvalue weighted by Gasteiger charge is -2.35. The predicted molar refractivity (Wildman–Crippen MR) is 130 cm³/mol. The summed E-state index contributed by atoms with van der Waals surface area (Å²) < 4.78 is 5.07. The number of hydrogen-bond acceptors (Lipinski definition) is 7. The molecule has 35 heavy (non-hydrogen) atoms. The molecule has 8 heteroatoms. The highest BCUT2D eigenvalue weighted by molar-refractivity contribution is 7.12. The molecule has 2 amide bonds. The van der Waals surface area contributed by atoms with Crippen LogP contribution < -0.4 is 9.64 Å². The number of carbonyl (C=O) groups excluding carboxylic acids is 4. The van der Waals surface area contributed by atoms with Gasteiger partial charge in [-0.2, -0.15) is 0 Å². The molecule has 0 spiro atoms. The van der Waals surface area contributed by atoms with E-state index in [4.69, 9.17) is 4.74 Å². The van der Waals surface area contributed by atoms with Crippen molar-refractivity contribution in [1.29, 1.82) is 0 Å². The van der Waals surface area contributed by atoms with Crippen molar-refractivity contribution in [1.82, 2.24) is 4.90 Å². The Morgan fingerprint density at radius 1 is 0.914 bits per heavy atom. The molecule has 2 aromatic carbocycles. The van der Waals surface area contributed by atoms with Crippen LogP contribution in [0.15, 0.2) is 72.2 Å². The fourth-order valence-corrected chi connectivity index (χ4v) is 6.20. The third kappa shape index (κ3) is 3.24. The predicted octanol–water partition coefficient (Wildman–Crippen LogP) is 4.07. The number of Topliss-reactive ketones (excluding diaryl/α,β-unsaturated/α-hetero) is 1. The van der Waals surface area contributed by atoms with Gasteiger partial charge in [-0.15, -0.1) is 11.3 Å². The van der Waals surface area contributed by atoms with E-state index in [1.54, 1.807) is 30.3 Å². The largest absolute Gasteiger partial charge is 0.427 e. The first-order valence-corrected chi connectivity index (χ1v) is 12.1. The Balaban J connectivity index is 1.44. The van der Waals surface area contributed by atoms with Crippen LogP contribution in [0.3, 0.4) is 0 Å². The summed E-state index contributed by atoms with van der Waals surface area (Å²) in [6, 6.07) is 16.4. The summed E-state index contributed by atoms with van der Waals surface area (Å²) in [5.74, 6) is -2.53. The van der Waals surface area contributed by atoms with E-state index in [0.29, 0.717) is 16.3 Å². The molecule has 4 atom stereocenters. The van der Waals surface area contributed by atoms with Crippen LogP contribution in [-0.2, 0) is 14.4 Å². The van der Waals surface area contributed by atoms with Crippen LogP contribution in [-0.4, -0.2) is 34.5 Å². The lowest BCUT2D eigenvalue weighted by atomic mass is 9.84. The van der Waals surface area contributed by atoms with Crippen molar-refractivity contribution in [2.45, 2.75) is 19.0 Å². The average molecular weight is 485 g/mol. The first kappa shape index (κ1) is 21.5. The lowest BCUT2D eigenvalue weighted by Crippen LogP contribution is -2.44. The van der Waals surface area contributed by atoms with Crippen molar-refractivity contribution < 1.29 is 23.9 Å². The van der Waals surface area contributed by atoms with Gasteiger partial charge < -0.3 is 9.64 Å². The van der Waals surface area contributed by atoms with Gasteiger partial charge >= 0.3 is 5.97 Å². The summed E-state index contributed by atoms with van der Waals surface area (Å²) >= 11 is 1.33. The summed E-state index contributed by atoms with van der Waals surface area (Å²) in [4.78, 5) is 56.2. The van der Waals surface area contributed by atoms with E-state index in [0.717, 1.165) is 11.1 Å². The zero-order chi connectivity index (χ0) is 24.3. The summed E-state index contributed by atoms with van der Waals surface area (Å²) in [5.41, 5.74) is 2.29. The van der Waals surface area contributed by atoms with E-state index in [1.165, 1.54) is 23.2 Å². The van der Waals surface area contributed by atoms with Crippen molar-refractivity contribution in [2.24, 2.45) is 11.8 Å². The minimum absolute atomic E-state index is 0.158. The maximum Gasteiger partial charge on any atom is 0.308 e. The van der Waals surface area contributed by atoms with Crippen molar-refractivity contribution in [2.75, 3.05) is 4.90 Å². The van der Waals surface area contributed by atoms with Gasteiger partial charge in [0.2, 0.25) is 11.8 Å². The van der Waals surface area contributed by atoms with Crippen molar-refractivity contribution in [3.63, 3.8) is 0 Å². The molecule has 7 nitrogen and oxygen atoms in total. The quantitative estimate of drug-likeness (QED) is 0.240. The van der Waals surface area contributed by atoms with E-state index in [-0.39, 0.29) is 11.7 Å². The maximum absolute atomic E-state index is 13.8. The van der Waals surface area contributed by atoms with Crippen LogP contribution in [0.25, 0.3) is 6.08 Å². The number of carbonyl (C=O) groups is 4. The van der Waals surface area contributed by atoms with E-state index >= 15 is 0 Å². The number of imide groups is 1. The van der Waals surface area contributed by atoms with Crippen LogP contribution in [0.2, 0.25) is 0 Å². The Bertz CT molecular complexity index is 1400. The summed E-state index contributed by atoms with van der Waals surface area (Å²) in [5, 5.41) is 1.83. The molecule has 0 saturated carbocycles. The van der Waals surface area contributed by atoms with Gasteiger partial charge in [0.15, 0.2) is 5.78 Å². The minimum atomic E-state index is -0.814. The van der Waals surface area contributed by atoms with Crippen LogP contribution in [0, 0.1) is 11.8 Å². The molecule has 3 aliphatic heterocycles. The monoisotopic (exact) mass is 484 g/mol. The van der Waals surface area contributed by atoms with Gasteiger partial charge in [0.05, 0.1) is 28.4 Å². The molecule has 174 valence electrons. The zero-order valence-electron chi connectivity index (χ0n) is 18.7. The first-order chi connectivity index (χ1) is 17.0. The van der Waals surface area contributed by atoms with Crippen molar-refractivity contribution in [3.05, 3.63) is 88.2 Å². The average Bonchev–Trinajstić information content (AvgIpc) is 3.56. The van der Waals surface area contributed by atoms with Crippen LogP contribution in [0.1, 0.15) is 33.8 Å². The molecule has 2 fully saturated rings. The number of esters is 1. The molecule has 3 aromatic rings. The van der Waals surface area contributed by atoms with Gasteiger partial charge in [-0.05, 0) is 52.9 Å². The van der Waals surface area contributed by atoms with Gasteiger partial charge in [0.1, 0.15) is 11.8 Å². The SMILES string of the molecule is CC(=O)Oc1ccc(N2C(=O)[C@@H]3[C@@H](C2=O)[C@H]2c4ccccc4C=CN2[C@@H]3C(=O)c2cccs2)cc1. The van der Waals surface area contributed by atoms with Gasteiger partial charge in [-0.3, -0.25) is 19.2 Å². The molecule has 6 rings (SSSR count). The van der Waals surface area contributed by atoms with Gasteiger partial charge in [-0.1, -0.05) is 30.3 Å². The summed E-state index contributed by atoms with van der Waals surface area (Å²) in [6.07, 6.45) is 3.78. The Morgan fingerprint density at radius 3 is 2.37 bits per heavy atom. The zero-order valence-corrected chi connectivity index (χ0v) is 19.5. The second-order valence-electron chi connectivity index (χ2n) is 8.77. The number of rotatable bonds is 4. The molecule has 1 aromatic heterocycles. The van der Waals surface area contributed by atoms with Gasteiger partial charge in [0, 0.05) is 13.1 Å². The molecule has 3 aliphatic rings. The highest BCUT2D eigenvalue weighted by Crippen LogP contribution is 2.53. The van der Waals surface area contributed by atoms with Crippen LogP contribution >= 0.6 is 11.3 Å². The highest BCUT2D eigenvalue weighted by Gasteiger charge is 2.64. The van der Waals surface area contributed by atoms with Gasteiger partial charge in [0.25, 0.3) is 0 Å². The maximum atomic E-state index is 13.8. The Labute approximate surface area is 205 Å². The van der Waals surface area contributed by atoms with Crippen molar-refractivity contribution in [3.8, 4) is 5.75 Å². The second-order valence-corrected chi connectivity index (χ2v) is 9.72. The van der Waals surface area contributed by atoms with Crippen LogP contribution in [0.5, 0.6) is 5.75 Å². The number of thiophene rings is 1. The molecule has 0 N–H and O–H groups in total.